The van der Waals surface area contributed by atoms with Crippen molar-refractivity contribution >= 4 is 84.8 Å². The average molecular weight is 984 g/mol. The van der Waals surface area contributed by atoms with Crippen LogP contribution in [0, 0.1) is 0 Å². The third-order valence-corrected chi connectivity index (χ3v) is 12.1. The summed E-state index contributed by atoms with van der Waals surface area (Å²) < 4.78 is 18.6. The number of nitrogens with zero attached hydrogens (tertiary/aromatic N) is 8. The highest BCUT2D eigenvalue weighted by Crippen LogP contribution is 2.43. The maximum Gasteiger partial charge on any atom is 0.262 e. The van der Waals surface area contributed by atoms with Crippen LogP contribution in [0.1, 0.15) is 43.6 Å². The molecule has 8 aromatic carbocycles. The minimum absolute atomic E-state index is 0.218. The third kappa shape index (κ3) is 10.5. The first-order valence-electron chi connectivity index (χ1n) is 23.2. The highest BCUT2D eigenvalue weighted by Gasteiger charge is 2.26. The number of anilines is 2. The Labute approximate surface area is 420 Å². The summed E-state index contributed by atoms with van der Waals surface area (Å²) in [4.78, 5) is 22.2. The SMILES string of the molecule is CCOc1c(CON(CC)c2ccccc2Cl)cc2ccccc2c1N=Nc1ccc(-c2nnc(-c3ccc(N=Nc4c(OCC)c(C(=O)N(CC)c5ccccc5Cl)cc5ccccc45)cc3)o2)cc1. The van der Waals surface area contributed by atoms with E-state index in [1.807, 2.05) is 161 Å². The summed E-state index contributed by atoms with van der Waals surface area (Å²) in [5.41, 5.74) is 6.17. The number of carbonyl (C=O) groups is 1. The van der Waals surface area contributed by atoms with Crippen LogP contribution >= 0.6 is 23.2 Å². The predicted molar refractivity (Wildman–Crippen MR) is 282 cm³/mol. The molecule has 0 unspecified atom stereocenters. The summed E-state index contributed by atoms with van der Waals surface area (Å²) in [5.74, 6) is 1.32. The van der Waals surface area contributed by atoms with E-state index in [2.05, 4.69) is 26.5 Å². The molecule has 0 bridgehead atoms. The van der Waals surface area contributed by atoms with Crippen molar-refractivity contribution in [2.75, 3.05) is 36.3 Å². The summed E-state index contributed by atoms with van der Waals surface area (Å²) in [6, 6.07) is 49.1. The molecule has 0 spiro atoms. The first-order valence-corrected chi connectivity index (χ1v) is 24.0. The lowest BCUT2D eigenvalue weighted by Crippen LogP contribution is -2.31. The van der Waals surface area contributed by atoms with E-state index < -0.39 is 0 Å². The number of rotatable bonds is 18. The van der Waals surface area contributed by atoms with Gasteiger partial charge in [-0.05, 0) is 123 Å². The monoisotopic (exact) mass is 982 g/mol. The number of para-hydroxylation sites is 2. The summed E-state index contributed by atoms with van der Waals surface area (Å²) in [5, 5.41) is 33.7. The number of hydrogen-bond acceptors (Lipinski definition) is 12. The summed E-state index contributed by atoms with van der Waals surface area (Å²) in [7, 11) is 0. The van der Waals surface area contributed by atoms with E-state index in [9.17, 15) is 4.79 Å². The van der Waals surface area contributed by atoms with Gasteiger partial charge in [-0.3, -0.25) is 14.7 Å². The average Bonchev–Trinajstić information content (AvgIpc) is 3.90. The zero-order valence-corrected chi connectivity index (χ0v) is 40.9. The standard InChI is InChI=1S/C56H48Cl2N8O5/c1-5-65(48-23-15-13-21-46(48)57)56(67)45-34-39-18-10-12-20-44(39)51(53(45)69-8-4)62-60-42-31-27-37(28-32-42)55-64-63-54(71-55)36-25-29-41(30-26-36)59-61-50-43-19-11-9-17-38(43)33-40(52(50)68-7-3)35-70-66(6-2)49-24-16-14-22-47(49)58/h9-34H,5-8,35H2,1-4H3. The molecule has 1 heterocycles. The number of carbonyl (C=O) groups excluding carboxylic acids is 1. The van der Waals surface area contributed by atoms with E-state index in [-0.39, 0.29) is 12.5 Å². The number of azo groups is 2. The molecule has 13 nitrogen and oxygen atoms in total. The van der Waals surface area contributed by atoms with Gasteiger partial charge in [-0.25, -0.2) is 0 Å². The van der Waals surface area contributed by atoms with Crippen molar-refractivity contribution in [1.82, 2.24) is 10.2 Å². The molecule has 1 amide bonds. The number of fused-ring (bicyclic) bond motifs is 2. The van der Waals surface area contributed by atoms with E-state index in [1.54, 1.807) is 28.2 Å². The van der Waals surface area contributed by atoms with Crippen LogP contribution in [0.3, 0.4) is 0 Å². The predicted octanol–water partition coefficient (Wildman–Crippen LogP) is 16.3. The van der Waals surface area contributed by atoms with Gasteiger partial charge in [0.05, 0.1) is 51.6 Å². The Balaban J connectivity index is 0.929. The summed E-state index contributed by atoms with van der Waals surface area (Å²) >= 11 is 13.1. The fourth-order valence-corrected chi connectivity index (χ4v) is 8.59. The Morgan fingerprint density at radius 3 is 1.59 bits per heavy atom. The molecule has 0 aliphatic rings. The molecule has 0 aliphatic carbocycles. The van der Waals surface area contributed by atoms with E-state index in [0.29, 0.717) is 105 Å². The Morgan fingerprint density at radius 1 is 0.563 bits per heavy atom. The Hall–Kier alpha value is -7.97. The number of hydroxylamine groups is 1. The molecular weight excluding hydrogens is 936 g/mol. The van der Waals surface area contributed by atoms with Gasteiger partial charge in [0.1, 0.15) is 18.0 Å². The van der Waals surface area contributed by atoms with E-state index >= 15 is 0 Å². The molecule has 0 atom stereocenters. The molecule has 0 saturated heterocycles. The van der Waals surface area contributed by atoms with Crippen LogP contribution in [0.4, 0.5) is 34.1 Å². The lowest BCUT2D eigenvalue weighted by atomic mass is 10.0. The number of ether oxygens (including phenoxy) is 2. The summed E-state index contributed by atoms with van der Waals surface area (Å²) in [6.45, 7) is 9.62. The lowest BCUT2D eigenvalue weighted by Gasteiger charge is -2.24. The largest absolute Gasteiger partial charge is 0.491 e. The summed E-state index contributed by atoms with van der Waals surface area (Å²) in [6.07, 6.45) is 0. The number of halogens is 2. The van der Waals surface area contributed by atoms with Gasteiger partial charge < -0.3 is 18.8 Å². The smallest absolute Gasteiger partial charge is 0.262 e. The highest BCUT2D eigenvalue weighted by atomic mass is 35.5. The molecule has 71 heavy (non-hydrogen) atoms. The van der Waals surface area contributed by atoms with Crippen molar-refractivity contribution in [2.24, 2.45) is 20.5 Å². The molecule has 0 saturated carbocycles. The van der Waals surface area contributed by atoms with Crippen molar-refractivity contribution in [3.8, 4) is 34.4 Å². The van der Waals surface area contributed by atoms with Gasteiger partial charge in [-0.1, -0.05) is 96.0 Å². The van der Waals surface area contributed by atoms with E-state index in [1.165, 1.54) is 0 Å². The van der Waals surface area contributed by atoms with Crippen LogP contribution in [-0.4, -0.2) is 42.4 Å². The maximum atomic E-state index is 14.3. The quantitative estimate of drug-likeness (QED) is 0.0611. The van der Waals surface area contributed by atoms with E-state index in [4.69, 9.17) is 52.2 Å². The molecule has 15 heteroatoms. The minimum atomic E-state index is -0.268. The molecule has 1 aromatic heterocycles. The van der Waals surface area contributed by atoms with Crippen molar-refractivity contribution in [2.45, 2.75) is 34.3 Å². The molecule has 356 valence electrons. The van der Waals surface area contributed by atoms with Crippen molar-refractivity contribution < 1.29 is 23.5 Å². The van der Waals surface area contributed by atoms with Gasteiger partial charge in [-0.15, -0.1) is 20.4 Å². The third-order valence-electron chi connectivity index (χ3n) is 11.5. The Kier molecular flexibility index (Phi) is 15.0. The van der Waals surface area contributed by atoms with Crippen molar-refractivity contribution in [1.29, 1.82) is 0 Å². The van der Waals surface area contributed by atoms with Gasteiger partial charge in [0.2, 0.25) is 11.8 Å². The minimum Gasteiger partial charge on any atom is -0.491 e. The zero-order chi connectivity index (χ0) is 49.3. The topological polar surface area (TPSA) is 140 Å². The molecule has 0 radical (unpaired) electrons. The fraction of sp³-hybridized carbons (Fsp3) is 0.161. The van der Waals surface area contributed by atoms with Crippen LogP contribution in [-0.2, 0) is 11.4 Å². The van der Waals surface area contributed by atoms with Gasteiger partial charge >= 0.3 is 0 Å². The van der Waals surface area contributed by atoms with Crippen LogP contribution in [0.2, 0.25) is 10.0 Å². The van der Waals surface area contributed by atoms with Crippen molar-refractivity contribution in [3.63, 3.8) is 0 Å². The highest BCUT2D eigenvalue weighted by molar-refractivity contribution is 6.34. The first-order chi connectivity index (χ1) is 34.8. The first kappa shape index (κ1) is 48.1. The fourth-order valence-electron chi connectivity index (χ4n) is 8.12. The molecule has 9 rings (SSSR count). The molecule has 0 N–H and O–H groups in total. The second kappa shape index (κ2) is 22.2. The number of aromatic nitrogens is 2. The van der Waals surface area contributed by atoms with Crippen LogP contribution in [0.25, 0.3) is 44.5 Å². The van der Waals surface area contributed by atoms with Crippen molar-refractivity contribution in [3.05, 3.63) is 179 Å². The van der Waals surface area contributed by atoms with Gasteiger partial charge in [0.15, 0.2) is 11.5 Å². The normalized spacial score (nSPS) is 11.5. The number of hydrogen-bond donors (Lipinski definition) is 0. The van der Waals surface area contributed by atoms with Crippen LogP contribution in [0.5, 0.6) is 11.5 Å². The molecule has 9 aromatic rings. The van der Waals surface area contributed by atoms with Gasteiger partial charge in [-0.2, -0.15) is 10.2 Å². The van der Waals surface area contributed by atoms with Gasteiger partial charge in [0.25, 0.3) is 5.91 Å². The second-order valence-electron chi connectivity index (χ2n) is 16.0. The lowest BCUT2D eigenvalue weighted by molar-refractivity contribution is 0.0954. The number of benzene rings is 8. The number of amides is 1. The Morgan fingerprint density at radius 2 is 1.06 bits per heavy atom. The van der Waals surface area contributed by atoms with E-state index in [0.717, 1.165) is 32.8 Å². The maximum absolute atomic E-state index is 14.3. The molecular formula is C56H48Cl2N8O5. The zero-order valence-electron chi connectivity index (χ0n) is 39.4. The van der Waals surface area contributed by atoms with Crippen LogP contribution in [0.15, 0.2) is 183 Å². The van der Waals surface area contributed by atoms with Gasteiger partial charge in [0, 0.05) is 40.6 Å². The second-order valence-corrected chi connectivity index (χ2v) is 16.8. The molecule has 0 fully saturated rings. The van der Waals surface area contributed by atoms with Crippen LogP contribution < -0.4 is 19.4 Å². The molecule has 0 aliphatic heterocycles. The Bertz CT molecular complexity index is 3400.